The van der Waals surface area contributed by atoms with Crippen LogP contribution in [0.1, 0.15) is 151 Å². The zero-order valence-corrected chi connectivity index (χ0v) is 73.8. The van der Waals surface area contributed by atoms with Crippen LogP contribution in [0.4, 0.5) is 22.0 Å². The van der Waals surface area contributed by atoms with Crippen LogP contribution in [0.3, 0.4) is 0 Å². The summed E-state index contributed by atoms with van der Waals surface area (Å²) >= 11 is 17.4. The number of aliphatic hydroxyl groups excluding tert-OH is 1. The lowest BCUT2D eigenvalue weighted by Crippen LogP contribution is -2.80. The van der Waals surface area contributed by atoms with Gasteiger partial charge in [0.15, 0.2) is 0 Å². The van der Waals surface area contributed by atoms with Gasteiger partial charge in [0.1, 0.15) is 77.7 Å². The molecule has 0 saturated heterocycles. The molecule has 20 nitrogen and oxygen atoms in total. The third-order valence-electron chi connectivity index (χ3n) is 15.9. The van der Waals surface area contributed by atoms with Crippen molar-refractivity contribution in [3.05, 3.63) is 148 Å². The number of aromatic hydroxyl groups is 2. The third kappa shape index (κ3) is 46.0. The zero-order chi connectivity index (χ0) is 89.1. The van der Waals surface area contributed by atoms with Crippen molar-refractivity contribution < 1.29 is 117 Å². The Kier molecular flexibility index (Phi) is 61.4. The van der Waals surface area contributed by atoms with E-state index in [-0.39, 0.29) is 103 Å². The van der Waals surface area contributed by atoms with Crippen molar-refractivity contribution in [1.29, 1.82) is 0 Å². The fourth-order valence-electron chi connectivity index (χ4n) is 9.03. The molecule has 0 unspecified atom stereocenters. The van der Waals surface area contributed by atoms with Crippen molar-refractivity contribution in [1.82, 2.24) is 0 Å². The number of unbranched alkanes of at least 4 members (excludes halogenated alkanes) is 5. The molecule has 0 aromatic heterocycles. The Hall–Kier alpha value is -4.37. The Morgan fingerprint density at radius 1 is 0.388 bits per heavy atom. The van der Waals surface area contributed by atoms with Gasteiger partial charge in [0.05, 0.1) is 59.7 Å². The minimum atomic E-state index is -4.67. The normalized spacial score (nSPS) is 10.5. The second kappa shape index (κ2) is 62.7. The van der Waals surface area contributed by atoms with Crippen molar-refractivity contribution in [2.45, 2.75) is 98.8 Å². The van der Waals surface area contributed by atoms with E-state index in [4.69, 9.17) is 156 Å². The molecule has 116 heavy (non-hydrogen) atoms. The van der Waals surface area contributed by atoms with Gasteiger partial charge in [0, 0.05) is 181 Å². The number of carbonyl (C=O) groups excluding carboxylic acids is 4. The summed E-state index contributed by atoms with van der Waals surface area (Å²) in [6.07, 6.45) is 0.791. The highest BCUT2D eigenvalue weighted by atomic mass is 79.9. The largest absolute Gasteiger partial charge is 0.508 e. The molecular formula is C65H82B20Br5F5O20S. The Morgan fingerprint density at radius 3 is 0.828 bits per heavy atom. The molecule has 0 atom stereocenters. The van der Waals surface area contributed by atoms with Gasteiger partial charge in [-0.25, -0.2) is 45.9 Å². The predicted molar refractivity (Wildman–Crippen MR) is 485 cm³/mol. The fraction of sp³-hybridized carbons (Fsp3) is 0.462. The number of halogens is 10. The molecule has 5 aromatic rings. The third-order valence-corrected chi connectivity index (χ3v) is 21.8. The molecule has 0 saturated carbocycles. The van der Waals surface area contributed by atoms with Crippen LogP contribution in [0.15, 0.2) is 91.0 Å². The van der Waals surface area contributed by atoms with E-state index in [1.165, 1.54) is 42.5 Å². The molecule has 0 bridgehead atoms. The van der Waals surface area contributed by atoms with Crippen LogP contribution in [0.5, 0.6) is 28.7 Å². The number of alkyl halides is 5. The van der Waals surface area contributed by atoms with Crippen molar-refractivity contribution in [3.63, 3.8) is 0 Å². The summed E-state index contributed by atoms with van der Waals surface area (Å²) < 4.78 is 139. The maximum atomic E-state index is 14.6. The number of aliphatic hydroxyl groups is 1. The Morgan fingerprint density at radius 2 is 0.629 bits per heavy atom. The topological polar surface area (TPSA) is 305 Å². The lowest BCUT2D eigenvalue weighted by atomic mass is 8.39. The molecule has 51 heteroatoms. The fourth-order valence-corrected chi connectivity index (χ4v) is 15.1. The Bertz CT molecular complexity index is 3560. The van der Waals surface area contributed by atoms with Crippen molar-refractivity contribution >= 4 is 262 Å². The first-order valence-electron chi connectivity index (χ1n) is 36.1. The van der Waals surface area contributed by atoms with Crippen LogP contribution in [-0.2, 0) is 29.3 Å². The SMILES string of the molecule is BrCC(CBr)(CBr)CBr.CCCCO.CCCCOC(=O)c1cc(O)ccc1F.CCCCOC(=O)c1cc(OCC(CBr)(COc2ccc(F)c(C(=O)OCCCC)c2)COc2ccc(F)c(C(=O)OCCCC)c2)ccc1F.O=C(O)c1cc(O)ccc1F.O=S(=O)(O)O.[B]B([B])B([B])B(B(B([B])[B])B([B])[B])B(B([B])[B])B([B])[B]. The van der Waals surface area contributed by atoms with Gasteiger partial charge in [-0.3, -0.25) is 9.11 Å². The number of benzene rings is 5. The second-order valence-corrected chi connectivity index (χ2v) is 29.5. The van der Waals surface area contributed by atoms with E-state index in [2.05, 4.69) is 86.6 Å². The first kappa shape index (κ1) is 114. The van der Waals surface area contributed by atoms with Crippen LogP contribution in [-0.4, -0.2) is 290 Å². The maximum absolute atomic E-state index is 14.6. The summed E-state index contributed by atoms with van der Waals surface area (Å²) in [6.45, 7) is 10.5. The van der Waals surface area contributed by atoms with E-state index < -0.39 is 138 Å². The highest BCUT2D eigenvalue weighted by Crippen LogP contribution is 2.31. The standard InChI is InChI=1S/C38H44BrF3O9.C11H13FO3.C7H5FO3.C5H8Br4.C4H10O.B20.H2O4S/c1-4-7-16-46-35(43)29-19-26(10-13-32(29)40)49-23-38(22-39,24-50-27-11-14-33(41)30(20-27)36(44)47-17-8-5-2)25-51-28-12-15-34(42)31(21-28)37(45)48-18-9-6-3;1-2-3-6-15-11(14)9-7-8(13)4-5-10(9)12;8-6-2-1-4(9)3-5(6)7(10)11;6-1-5(2-7,3-8)4-9;1-2-3-4-5;1-12(2)17(11)20(18(13(3)4)14(5)6)19(15(7)8)16(9)10;1-5(2,3)4/h10-15,19-21H,4-9,16-18,22-25H2,1-3H3;4-5,7,13H,2-3,6H2,1H3;1-3,9H,(H,10,11);1-4H2;5H,2-4H2,1H3;;(H2,1,2,3,4). The number of carboxylic acids is 1. The van der Waals surface area contributed by atoms with Gasteiger partial charge >= 0.3 is 40.2 Å². The van der Waals surface area contributed by atoms with E-state index in [0.717, 1.165) is 115 Å². The lowest BCUT2D eigenvalue weighted by Gasteiger charge is -2.42. The van der Waals surface area contributed by atoms with Gasteiger partial charge in [-0.15, -0.1) is 0 Å². The highest BCUT2D eigenvalue weighted by molar-refractivity contribution is 9.11. The van der Waals surface area contributed by atoms with Crippen molar-refractivity contribution in [2.75, 3.05) is 79.5 Å². The van der Waals surface area contributed by atoms with Crippen LogP contribution < -0.4 is 14.2 Å². The Balaban J connectivity index is 0. The summed E-state index contributed by atoms with van der Waals surface area (Å²) in [6, 6.07) is 17.1. The summed E-state index contributed by atoms with van der Waals surface area (Å²) in [5.41, 5.74) is -2.36. The zero-order valence-electron chi connectivity index (χ0n) is 65.1. The molecule has 0 aliphatic rings. The van der Waals surface area contributed by atoms with Crippen molar-refractivity contribution in [3.8, 4) is 28.7 Å². The quantitative estimate of drug-likeness (QED) is 0.00405. The number of phenols is 2. The van der Waals surface area contributed by atoms with Crippen LogP contribution in [0.2, 0.25) is 0 Å². The summed E-state index contributed by atoms with van der Waals surface area (Å²) in [7, 11) is 58.5. The lowest BCUT2D eigenvalue weighted by molar-refractivity contribution is 0.0474. The Labute approximate surface area is 739 Å². The first-order chi connectivity index (χ1) is 54.5. The number of carboxylic acid groups (broad SMARTS) is 1. The van der Waals surface area contributed by atoms with Gasteiger partial charge in [-0.2, -0.15) is 8.42 Å². The number of hydrogen-bond acceptors (Lipinski definition) is 17. The molecule has 5 rings (SSSR count). The maximum Gasteiger partial charge on any atom is 0.394 e. The smallest absolute Gasteiger partial charge is 0.394 e. The molecule has 0 amide bonds. The number of rotatable bonds is 41. The second-order valence-electron chi connectivity index (χ2n) is 25.8. The van der Waals surface area contributed by atoms with Gasteiger partial charge in [-0.1, -0.05) is 146 Å². The predicted octanol–water partition coefficient (Wildman–Crippen LogP) is 8.67. The van der Waals surface area contributed by atoms with E-state index >= 15 is 0 Å². The molecular weight excluding hydrogens is 1840 g/mol. The van der Waals surface area contributed by atoms with E-state index in [1.807, 2.05) is 27.7 Å². The van der Waals surface area contributed by atoms with Gasteiger partial charge in [0.25, 0.3) is 0 Å². The molecule has 0 spiro atoms. The van der Waals surface area contributed by atoms with Crippen molar-refractivity contribution in [2.24, 2.45) is 10.8 Å². The number of hydrogen-bond donors (Lipinski definition) is 6. The minimum absolute atomic E-state index is 0.131. The molecule has 0 heterocycles. The van der Waals surface area contributed by atoms with Crippen LogP contribution in [0.25, 0.3) is 0 Å². The molecule has 0 aliphatic carbocycles. The van der Waals surface area contributed by atoms with Crippen LogP contribution in [0, 0.1) is 39.9 Å². The number of carbonyl (C=O) groups is 5. The van der Waals surface area contributed by atoms with Gasteiger partial charge in [0.2, 0.25) is 0 Å². The van der Waals surface area contributed by atoms with Crippen LogP contribution >= 0.6 is 79.6 Å². The molecule has 598 valence electrons. The van der Waals surface area contributed by atoms with E-state index in [1.54, 1.807) is 0 Å². The molecule has 6 N–H and O–H groups in total. The number of ether oxygens (including phenoxy) is 7. The number of phenolic OH excluding ortho intramolecular Hbond substituents is 2. The molecule has 5 aromatic carbocycles. The molecule has 0 fully saturated rings. The van der Waals surface area contributed by atoms with E-state index in [0.29, 0.717) is 31.3 Å². The van der Waals surface area contributed by atoms with Gasteiger partial charge < -0.3 is 53.6 Å². The summed E-state index contributed by atoms with van der Waals surface area (Å²) in [5, 5.41) is 38.5. The first-order valence-corrected chi connectivity index (χ1v) is 43.1. The highest BCUT2D eigenvalue weighted by Gasteiger charge is 2.44. The average Bonchev–Trinajstić information content (AvgIpc) is 0.786. The van der Waals surface area contributed by atoms with Gasteiger partial charge in [-0.05, 0) is 123 Å². The van der Waals surface area contributed by atoms with E-state index in [9.17, 15) is 45.9 Å². The minimum Gasteiger partial charge on any atom is -0.508 e. The number of aromatic carboxylic acids is 1. The monoisotopic (exact) mass is 1920 g/mol. The molecule has 0 aliphatic heterocycles. The average molecular weight is 1930 g/mol. The summed E-state index contributed by atoms with van der Waals surface area (Å²) in [4.78, 5) is 59.1. The number of esters is 4. The molecule has 22 radical (unpaired) electrons. The summed E-state index contributed by atoms with van der Waals surface area (Å²) in [5.74, 6) is -8.43.